The van der Waals surface area contributed by atoms with Gasteiger partial charge in [-0.15, -0.1) is 0 Å². The maximum atomic E-state index is 12.6. The van der Waals surface area contributed by atoms with Gasteiger partial charge in [0.15, 0.2) is 0 Å². The van der Waals surface area contributed by atoms with E-state index >= 15 is 0 Å². The Morgan fingerprint density at radius 2 is 1.83 bits per heavy atom. The minimum Gasteiger partial charge on any atom is -0.497 e. The van der Waals surface area contributed by atoms with Crippen LogP contribution in [0.2, 0.25) is 0 Å². The van der Waals surface area contributed by atoms with Crippen molar-refractivity contribution in [2.75, 3.05) is 7.11 Å². The number of ether oxygens (including phenoxy) is 4. The van der Waals surface area contributed by atoms with Crippen molar-refractivity contribution in [2.45, 2.75) is 83.8 Å². The van der Waals surface area contributed by atoms with Gasteiger partial charge in [0, 0.05) is 0 Å². The Kier molecular flexibility index (Phi) is 8.32. The standard InChI is InChI=1S/C22H33NO6/c1-15-19(27-14-16-10-12-17(26-5)13-11-16)9-7-6-8-18(20(24)28-15)23-21(25)29-22(2,3)4/h10-13,15,18-19H,6-9,14H2,1-5H3,(H,23,25)/t15-,18-,19+/m0/s1. The van der Waals surface area contributed by atoms with Gasteiger partial charge in [0.25, 0.3) is 0 Å². The van der Waals surface area contributed by atoms with Gasteiger partial charge in [-0.1, -0.05) is 25.0 Å². The number of benzene rings is 1. The molecule has 0 unspecified atom stereocenters. The number of esters is 1. The number of methoxy groups -OCH3 is 1. The molecule has 0 spiro atoms. The summed E-state index contributed by atoms with van der Waals surface area (Å²) in [5, 5.41) is 2.64. The molecule has 1 aromatic rings. The first-order valence-corrected chi connectivity index (χ1v) is 10.1. The SMILES string of the molecule is COc1ccc(CO[C@@H]2CCCC[C@H](NC(=O)OC(C)(C)C)C(=O)O[C@H]2C)cc1. The van der Waals surface area contributed by atoms with Crippen LogP contribution in [-0.2, 0) is 25.6 Å². The molecule has 2 rings (SSSR count). The van der Waals surface area contributed by atoms with Gasteiger partial charge in [-0.05, 0) is 58.2 Å². The first-order chi connectivity index (χ1) is 13.7. The van der Waals surface area contributed by atoms with Crippen LogP contribution in [0.4, 0.5) is 4.79 Å². The monoisotopic (exact) mass is 407 g/mol. The first kappa shape index (κ1) is 23.0. The summed E-state index contributed by atoms with van der Waals surface area (Å²) in [7, 11) is 1.63. The third-order valence-electron chi connectivity index (χ3n) is 4.66. The highest BCUT2D eigenvalue weighted by Gasteiger charge is 2.30. The van der Waals surface area contributed by atoms with Crippen LogP contribution in [0.1, 0.15) is 58.9 Å². The van der Waals surface area contributed by atoms with Gasteiger partial charge in [0.05, 0.1) is 19.8 Å². The van der Waals surface area contributed by atoms with E-state index in [-0.39, 0.29) is 6.10 Å². The third-order valence-corrected chi connectivity index (χ3v) is 4.66. The molecule has 29 heavy (non-hydrogen) atoms. The second kappa shape index (κ2) is 10.5. The van der Waals surface area contributed by atoms with Gasteiger partial charge < -0.3 is 24.3 Å². The predicted octanol–water partition coefficient (Wildman–Crippen LogP) is 3.98. The van der Waals surface area contributed by atoms with Crippen LogP contribution in [0, 0.1) is 0 Å². The Hall–Kier alpha value is -2.28. The Bertz CT molecular complexity index is 667. The van der Waals surface area contributed by atoms with Crippen LogP contribution in [0.25, 0.3) is 0 Å². The summed E-state index contributed by atoms with van der Waals surface area (Å²) >= 11 is 0. The van der Waals surface area contributed by atoms with Gasteiger partial charge in [0.1, 0.15) is 23.5 Å². The Balaban J connectivity index is 1.92. The summed E-state index contributed by atoms with van der Waals surface area (Å²) in [4.78, 5) is 24.6. The van der Waals surface area contributed by atoms with Crippen molar-refractivity contribution in [3.05, 3.63) is 29.8 Å². The molecule has 0 bridgehead atoms. The zero-order valence-corrected chi connectivity index (χ0v) is 18.0. The lowest BCUT2D eigenvalue weighted by Gasteiger charge is -2.25. The van der Waals surface area contributed by atoms with E-state index in [1.54, 1.807) is 27.9 Å². The number of amides is 1. The largest absolute Gasteiger partial charge is 0.497 e. The van der Waals surface area contributed by atoms with Crippen LogP contribution < -0.4 is 10.1 Å². The molecule has 0 aromatic heterocycles. The van der Waals surface area contributed by atoms with Gasteiger partial charge in [0.2, 0.25) is 0 Å². The molecular weight excluding hydrogens is 374 g/mol. The van der Waals surface area contributed by atoms with Crippen LogP contribution in [0.5, 0.6) is 5.75 Å². The number of hydrogen-bond donors (Lipinski definition) is 1. The average molecular weight is 408 g/mol. The van der Waals surface area contributed by atoms with E-state index in [1.165, 1.54) is 0 Å². The number of carbonyl (C=O) groups is 2. The highest BCUT2D eigenvalue weighted by atomic mass is 16.6. The number of hydrogen-bond acceptors (Lipinski definition) is 6. The maximum Gasteiger partial charge on any atom is 0.408 e. The predicted molar refractivity (Wildman–Crippen MR) is 109 cm³/mol. The highest BCUT2D eigenvalue weighted by Crippen LogP contribution is 2.21. The van der Waals surface area contributed by atoms with E-state index < -0.39 is 29.8 Å². The molecule has 0 aliphatic carbocycles. The molecule has 1 aliphatic heterocycles. The van der Waals surface area contributed by atoms with E-state index in [4.69, 9.17) is 18.9 Å². The average Bonchev–Trinajstić information content (AvgIpc) is 2.70. The van der Waals surface area contributed by atoms with Crippen molar-refractivity contribution < 1.29 is 28.5 Å². The number of cyclic esters (lactones) is 1. The lowest BCUT2D eigenvalue weighted by atomic mass is 10.1. The van der Waals surface area contributed by atoms with Crippen LogP contribution in [0.15, 0.2) is 24.3 Å². The van der Waals surface area contributed by atoms with Crippen LogP contribution in [-0.4, -0.2) is 43.0 Å². The summed E-state index contributed by atoms with van der Waals surface area (Å²) < 4.78 is 22.1. The smallest absolute Gasteiger partial charge is 0.408 e. The topological polar surface area (TPSA) is 83.1 Å². The quantitative estimate of drug-likeness (QED) is 0.744. The molecular formula is C22H33NO6. The number of rotatable bonds is 5. The number of nitrogens with one attached hydrogen (secondary N) is 1. The van der Waals surface area contributed by atoms with Crippen molar-refractivity contribution in [1.29, 1.82) is 0 Å². The van der Waals surface area contributed by atoms with Crippen molar-refractivity contribution in [1.82, 2.24) is 5.32 Å². The minimum absolute atomic E-state index is 0.207. The van der Waals surface area contributed by atoms with Gasteiger partial charge >= 0.3 is 12.1 Å². The second-order valence-corrected chi connectivity index (χ2v) is 8.32. The van der Waals surface area contributed by atoms with Crippen molar-refractivity contribution >= 4 is 12.1 Å². The van der Waals surface area contributed by atoms with Crippen LogP contribution >= 0.6 is 0 Å². The fraction of sp³-hybridized carbons (Fsp3) is 0.636. The zero-order chi connectivity index (χ0) is 21.4. The van der Waals surface area contributed by atoms with E-state index in [9.17, 15) is 9.59 Å². The fourth-order valence-electron chi connectivity index (χ4n) is 3.11. The normalized spacial score (nSPS) is 23.2. The Morgan fingerprint density at radius 1 is 1.17 bits per heavy atom. The summed E-state index contributed by atoms with van der Waals surface area (Å²) in [6.07, 6.45) is 1.72. The summed E-state index contributed by atoms with van der Waals surface area (Å²) in [5.41, 5.74) is 0.397. The molecule has 162 valence electrons. The molecule has 1 fully saturated rings. The summed E-state index contributed by atoms with van der Waals surface area (Å²) in [5.74, 6) is 0.338. The number of carbonyl (C=O) groups excluding carboxylic acids is 2. The molecule has 1 amide bonds. The van der Waals surface area contributed by atoms with Gasteiger partial charge in [-0.2, -0.15) is 0 Å². The molecule has 1 aromatic carbocycles. The lowest BCUT2D eigenvalue weighted by Crippen LogP contribution is -2.45. The highest BCUT2D eigenvalue weighted by molar-refractivity contribution is 5.81. The van der Waals surface area contributed by atoms with Crippen molar-refractivity contribution in [3.63, 3.8) is 0 Å². The Labute approximate surface area is 173 Å². The molecule has 1 saturated heterocycles. The second-order valence-electron chi connectivity index (χ2n) is 8.32. The van der Waals surface area contributed by atoms with Gasteiger partial charge in [-0.25, -0.2) is 9.59 Å². The molecule has 7 heteroatoms. The molecule has 0 saturated carbocycles. The van der Waals surface area contributed by atoms with E-state index in [1.807, 2.05) is 31.2 Å². The van der Waals surface area contributed by atoms with Gasteiger partial charge in [-0.3, -0.25) is 0 Å². The minimum atomic E-state index is -0.715. The maximum absolute atomic E-state index is 12.6. The van der Waals surface area contributed by atoms with Crippen molar-refractivity contribution in [3.8, 4) is 5.75 Å². The zero-order valence-electron chi connectivity index (χ0n) is 18.0. The Morgan fingerprint density at radius 3 is 2.45 bits per heavy atom. The molecule has 3 atom stereocenters. The molecule has 7 nitrogen and oxygen atoms in total. The molecule has 1 N–H and O–H groups in total. The lowest BCUT2D eigenvalue weighted by molar-refractivity contribution is -0.159. The molecule has 0 radical (unpaired) electrons. The van der Waals surface area contributed by atoms with Crippen molar-refractivity contribution in [2.24, 2.45) is 0 Å². The molecule has 1 heterocycles. The molecule has 1 aliphatic rings. The fourth-order valence-corrected chi connectivity index (χ4v) is 3.11. The van der Waals surface area contributed by atoms with Crippen LogP contribution in [0.3, 0.4) is 0 Å². The summed E-state index contributed by atoms with van der Waals surface area (Å²) in [6, 6.07) is 6.96. The van der Waals surface area contributed by atoms with E-state index in [0.717, 1.165) is 30.6 Å². The van der Waals surface area contributed by atoms with E-state index in [0.29, 0.717) is 13.0 Å². The third kappa shape index (κ3) is 7.93. The first-order valence-electron chi connectivity index (χ1n) is 10.1. The van der Waals surface area contributed by atoms with E-state index in [2.05, 4.69) is 5.32 Å². The number of alkyl carbamates (subject to hydrolysis) is 1. The summed E-state index contributed by atoms with van der Waals surface area (Å²) in [6.45, 7) is 7.59.